The molecule has 2 unspecified atom stereocenters. The number of hydrogen-bond acceptors (Lipinski definition) is 6. The summed E-state index contributed by atoms with van der Waals surface area (Å²) in [5, 5.41) is 8.99. The summed E-state index contributed by atoms with van der Waals surface area (Å²) in [5.41, 5.74) is -0.0546. The lowest BCUT2D eigenvalue weighted by atomic mass is 9.94. The zero-order chi connectivity index (χ0) is 21.6. The van der Waals surface area contributed by atoms with Crippen LogP contribution < -0.4 is 10.6 Å². The van der Waals surface area contributed by atoms with Gasteiger partial charge in [-0.2, -0.15) is 0 Å². The number of rotatable bonds is 7. The van der Waals surface area contributed by atoms with Gasteiger partial charge in [-0.25, -0.2) is 9.98 Å². The Morgan fingerprint density at radius 2 is 2.19 bits per heavy atom. The fourth-order valence-electron chi connectivity index (χ4n) is 3.43. The minimum Gasteiger partial charge on any atom is -0.443 e. The molecule has 0 radical (unpaired) electrons. The molecule has 2 N–H and O–H groups in total. The van der Waals surface area contributed by atoms with Crippen molar-refractivity contribution in [3.8, 4) is 0 Å². The molecule has 2 atom stereocenters. The van der Waals surface area contributed by atoms with E-state index >= 15 is 0 Å². The molecule has 1 aliphatic rings. The number of hydrogen-bond donors (Lipinski definition) is 2. The summed E-state index contributed by atoms with van der Waals surface area (Å²) in [4.78, 5) is 12.9. The standard InChI is InChI=1S/C22H35N5O2S.HI/c1-6-23-21(26-14-20-24-13-19(29-20)22(3,4)5)25-12-17(18-8-7-11-30-18)27-9-10-28-16(2)15-27;/h7-8,11,13,16-17H,6,9-10,12,14-15H2,1-5H3,(H2,23,25,26);1H. The normalized spacial score (nSPS) is 19.0. The van der Waals surface area contributed by atoms with Gasteiger partial charge in [-0.05, 0) is 25.3 Å². The van der Waals surface area contributed by atoms with E-state index < -0.39 is 0 Å². The molecule has 1 saturated heterocycles. The third-order valence-electron chi connectivity index (χ3n) is 5.06. The van der Waals surface area contributed by atoms with Crippen LogP contribution >= 0.6 is 35.3 Å². The molecule has 3 rings (SSSR count). The number of thiophene rings is 1. The second kappa shape index (κ2) is 12.2. The summed E-state index contributed by atoms with van der Waals surface area (Å²) in [6.07, 6.45) is 2.06. The van der Waals surface area contributed by atoms with E-state index in [1.807, 2.05) is 0 Å². The van der Waals surface area contributed by atoms with Gasteiger partial charge in [0.05, 0.1) is 24.9 Å². The summed E-state index contributed by atoms with van der Waals surface area (Å²) in [6.45, 7) is 15.2. The van der Waals surface area contributed by atoms with E-state index in [9.17, 15) is 0 Å². The van der Waals surface area contributed by atoms with E-state index in [0.29, 0.717) is 12.4 Å². The first kappa shape index (κ1) is 26.1. The number of ether oxygens (including phenoxy) is 1. The Labute approximate surface area is 207 Å². The fraction of sp³-hybridized carbons (Fsp3) is 0.636. The number of guanidine groups is 1. The van der Waals surface area contributed by atoms with Gasteiger partial charge in [0.2, 0.25) is 5.89 Å². The highest BCUT2D eigenvalue weighted by Crippen LogP contribution is 2.26. The van der Waals surface area contributed by atoms with Crippen molar-refractivity contribution in [2.75, 3.05) is 32.8 Å². The summed E-state index contributed by atoms with van der Waals surface area (Å²) in [6, 6.07) is 4.61. The van der Waals surface area contributed by atoms with Crippen LogP contribution in [0.4, 0.5) is 0 Å². The van der Waals surface area contributed by atoms with Gasteiger partial charge in [0.1, 0.15) is 12.3 Å². The Hall–Kier alpha value is -1.17. The van der Waals surface area contributed by atoms with Gasteiger partial charge in [0.15, 0.2) is 5.96 Å². The fourth-order valence-corrected chi connectivity index (χ4v) is 4.29. The molecule has 0 spiro atoms. The molecule has 0 bridgehead atoms. The highest BCUT2D eigenvalue weighted by Gasteiger charge is 2.26. The molecular weight excluding hydrogens is 525 g/mol. The lowest BCUT2D eigenvalue weighted by Crippen LogP contribution is -2.48. The Bertz CT molecular complexity index is 803. The van der Waals surface area contributed by atoms with Crippen LogP contribution in [0.15, 0.2) is 33.1 Å². The molecular formula is C22H36IN5O2S. The molecule has 2 aromatic rings. The molecule has 0 saturated carbocycles. The molecule has 1 aliphatic heterocycles. The van der Waals surface area contributed by atoms with Crippen LogP contribution in [0.3, 0.4) is 0 Å². The van der Waals surface area contributed by atoms with Crippen LogP contribution in [-0.2, 0) is 16.7 Å². The summed E-state index contributed by atoms with van der Waals surface area (Å²) < 4.78 is 11.6. The van der Waals surface area contributed by atoms with Gasteiger partial charge in [-0.3, -0.25) is 4.90 Å². The second-order valence-corrected chi connectivity index (χ2v) is 9.63. The average molecular weight is 562 g/mol. The first-order valence-electron chi connectivity index (χ1n) is 10.7. The van der Waals surface area contributed by atoms with Gasteiger partial charge in [0.25, 0.3) is 0 Å². The minimum absolute atomic E-state index is 0. The molecule has 9 heteroatoms. The van der Waals surface area contributed by atoms with Gasteiger partial charge < -0.3 is 19.8 Å². The molecule has 3 heterocycles. The van der Waals surface area contributed by atoms with E-state index in [-0.39, 0.29) is 41.5 Å². The van der Waals surface area contributed by atoms with Crippen molar-refractivity contribution in [1.29, 1.82) is 0 Å². The lowest BCUT2D eigenvalue weighted by molar-refractivity contribution is -0.0334. The van der Waals surface area contributed by atoms with Gasteiger partial charge in [-0.1, -0.05) is 26.8 Å². The second-order valence-electron chi connectivity index (χ2n) is 8.65. The Balaban J connectivity index is 0.00000341. The van der Waals surface area contributed by atoms with Crippen LogP contribution in [0.2, 0.25) is 0 Å². The number of nitrogens with zero attached hydrogens (tertiary/aromatic N) is 3. The van der Waals surface area contributed by atoms with Crippen LogP contribution in [0, 0.1) is 0 Å². The van der Waals surface area contributed by atoms with E-state index in [4.69, 9.17) is 14.1 Å². The predicted molar refractivity (Wildman–Crippen MR) is 137 cm³/mol. The predicted octanol–water partition coefficient (Wildman–Crippen LogP) is 4.17. The lowest BCUT2D eigenvalue weighted by Gasteiger charge is -2.37. The Morgan fingerprint density at radius 1 is 1.39 bits per heavy atom. The number of aromatic nitrogens is 1. The van der Waals surface area contributed by atoms with Crippen LogP contribution in [-0.4, -0.2) is 54.7 Å². The maximum atomic E-state index is 5.87. The summed E-state index contributed by atoms with van der Waals surface area (Å²) in [7, 11) is 0. The molecule has 2 aromatic heterocycles. The zero-order valence-corrected chi connectivity index (χ0v) is 22.3. The maximum Gasteiger partial charge on any atom is 0.216 e. The average Bonchev–Trinajstić information content (AvgIpc) is 3.38. The van der Waals surface area contributed by atoms with E-state index in [2.05, 4.69) is 72.6 Å². The Kier molecular flexibility index (Phi) is 10.2. The first-order valence-corrected chi connectivity index (χ1v) is 11.6. The number of halogens is 1. The zero-order valence-electron chi connectivity index (χ0n) is 19.2. The van der Waals surface area contributed by atoms with Gasteiger partial charge in [0, 0.05) is 36.5 Å². The van der Waals surface area contributed by atoms with Gasteiger partial charge >= 0.3 is 0 Å². The number of aliphatic imine (C=N–C) groups is 1. The Morgan fingerprint density at radius 3 is 2.81 bits per heavy atom. The third-order valence-corrected chi connectivity index (χ3v) is 6.03. The summed E-state index contributed by atoms with van der Waals surface area (Å²) in [5.74, 6) is 2.29. The van der Waals surface area contributed by atoms with E-state index in [1.165, 1.54) is 4.88 Å². The first-order chi connectivity index (χ1) is 14.4. The van der Waals surface area contributed by atoms with Crippen molar-refractivity contribution in [3.63, 3.8) is 0 Å². The number of morpholine rings is 1. The van der Waals surface area contributed by atoms with Gasteiger partial charge in [-0.15, -0.1) is 35.3 Å². The number of oxazole rings is 1. The van der Waals surface area contributed by atoms with Crippen molar-refractivity contribution >= 4 is 41.3 Å². The largest absolute Gasteiger partial charge is 0.443 e. The summed E-state index contributed by atoms with van der Waals surface area (Å²) >= 11 is 1.80. The number of nitrogens with one attached hydrogen (secondary N) is 2. The molecule has 0 amide bonds. The topological polar surface area (TPSA) is 74.9 Å². The van der Waals surface area contributed by atoms with Crippen molar-refractivity contribution < 1.29 is 9.15 Å². The van der Waals surface area contributed by atoms with E-state index in [1.54, 1.807) is 17.5 Å². The quantitative estimate of drug-likeness (QED) is 0.301. The minimum atomic E-state index is -0.0546. The van der Waals surface area contributed by atoms with Crippen LogP contribution in [0.1, 0.15) is 57.2 Å². The SMILES string of the molecule is CCNC(=NCc1ncc(C(C)(C)C)o1)NCC(c1cccs1)N1CCOC(C)C1.I. The van der Waals surface area contributed by atoms with Crippen molar-refractivity contribution in [2.45, 2.75) is 58.7 Å². The third kappa shape index (κ3) is 7.73. The van der Waals surface area contributed by atoms with E-state index in [0.717, 1.165) is 44.5 Å². The maximum absolute atomic E-state index is 5.87. The highest BCUT2D eigenvalue weighted by molar-refractivity contribution is 14.0. The highest BCUT2D eigenvalue weighted by atomic mass is 127. The molecule has 31 heavy (non-hydrogen) atoms. The molecule has 174 valence electrons. The molecule has 7 nitrogen and oxygen atoms in total. The molecule has 1 fully saturated rings. The van der Waals surface area contributed by atoms with Crippen LogP contribution in [0.5, 0.6) is 0 Å². The molecule has 0 aliphatic carbocycles. The molecule has 0 aromatic carbocycles. The van der Waals surface area contributed by atoms with Crippen molar-refractivity contribution in [2.24, 2.45) is 4.99 Å². The smallest absolute Gasteiger partial charge is 0.216 e. The van der Waals surface area contributed by atoms with Crippen LogP contribution in [0.25, 0.3) is 0 Å². The van der Waals surface area contributed by atoms with Crippen molar-refractivity contribution in [3.05, 3.63) is 40.2 Å². The van der Waals surface area contributed by atoms with Crippen molar-refractivity contribution in [1.82, 2.24) is 20.5 Å². The monoisotopic (exact) mass is 561 g/mol.